The van der Waals surface area contributed by atoms with Crippen molar-refractivity contribution in [1.29, 1.82) is 0 Å². The molecule has 0 unspecified atom stereocenters. The number of likely N-dealkylation sites (N-methyl/N-ethyl adjacent to an activating group) is 1. The number of rotatable bonds is 9. The fourth-order valence-corrected chi connectivity index (χ4v) is 21.0. The number of anilines is 1. The van der Waals surface area contributed by atoms with Gasteiger partial charge >= 0.3 is 0 Å². The lowest BCUT2D eigenvalue weighted by Gasteiger charge is -2.62. The molecule has 0 amide bonds. The number of phenols is 1. The highest BCUT2D eigenvalue weighted by molar-refractivity contribution is 5.97. The topological polar surface area (TPSA) is 163 Å². The van der Waals surface area contributed by atoms with Crippen LogP contribution in [-0.4, -0.2) is 78.9 Å². The standard InChI is InChI=1S/C70H92N4O8/c1-5-45-19-21-52-53(17-11-33-75)63-65(26-6-7-27-65)30-31-69(63)51-38-56(62-60(39-51)81-67(44-71-2)41-50(16-12-34-80-62)66(42-67)29-25-49-37-47-13-8-18-58(47)82-70(49,78)43-66)74-64(72-3)73-32-10-15-48-14-9-28-68(48,61(77)24-22-55(69)54(52)35-45)40-46-20-23-57(76)59(36-46)79-4/h20,22-25,29,36,38-39,45,47-50,52-55,58,63,71,75-76,78H,5-9,11,13-19,21,26-28,30-31,33,35,37,40-44H2,1-4H3,(H2,72,73,74)/b24-22+/t45-,47+,48+,49-,50+,52-,53-,54+,55+,58+,63+,66-,67-,68-,69+,70-/m0/s1. The Hall–Kier alpha value is -4.98. The molecule has 2 aromatic carbocycles. The number of hydrogen-bond donors (Lipinski definition) is 6. The van der Waals surface area contributed by atoms with E-state index in [-0.39, 0.29) is 53.3 Å². The second-order valence-electron chi connectivity index (χ2n) is 28.2. The SMILES string of the molecule is CC[C@H]1CC[C@@H]2[C@@H](C1)[C@H]1/C=C/C(=O)[C@]3(Cc4ccc(O)c(OC)c4)CCC[C@@H]3CC#CNC(=NC)Nc3cc(cc4c3OC#CC[C@@H]3C[C@@](CNC)(C[C@]35C=C[C@H]3C[C@H]6CCC[C@H]6O[C@@]3(O)C5)O4)[C@]13CCC1(CCCC1)[C@H]3[C@H]2CCCO. The maximum absolute atomic E-state index is 16.1. The van der Waals surface area contributed by atoms with Gasteiger partial charge in [-0.15, -0.1) is 0 Å². The Morgan fingerprint density at radius 1 is 0.927 bits per heavy atom. The number of fused-ring (bicyclic) bond motifs is 13. The number of aliphatic imine (C=N–C) groups is 1. The van der Waals surface area contributed by atoms with Crippen LogP contribution in [0.3, 0.4) is 0 Å². The molecule has 0 aromatic heterocycles. The maximum atomic E-state index is 16.1. The van der Waals surface area contributed by atoms with Crippen LogP contribution >= 0.6 is 0 Å². The van der Waals surface area contributed by atoms with Gasteiger partial charge in [0.05, 0.1) is 18.9 Å². The van der Waals surface area contributed by atoms with Gasteiger partial charge in [0.25, 0.3) is 0 Å². The molecule has 7 saturated carbocycles. The predicted octanol–water partition coefficient (Wildman–Crippen LogP) is 11.9. The quantitative estimate of drug-likeness (QED) is 0.105. The van der Waals surface area contributed by atoms with Crippen molar-refractivity contribution in [2.24, 2.45) is 80.4 Å². The highest BCUT2D eigenvalue weighted by atomic mass is 16.6. The molecule has 0 radical (unpaired) electrons. The van der Waals surface area contributed by atoms with E-state index >= 15 is 4.79 Å². The van der Waals surface area contributed by atoms with Crippen molar-refractivity contribution >= 4 is 17.4 Å². The zero-order valence-electron chi connectivity index (χ0n) is 49.5. The summed E-state index contributed by atoms with van der Waals surface area (Å²) in [7, 11) is 5.38. The number of aromatic hydroxyl groups is 1. The Balaban J connectivity index is 1.00. The molecule has 6 N–H and O–H groups in total. The van der Waals surface area contributed by atoms with E-state index < -0.39 is 27.6 Å². The molecular formula is C70H92N4O8. The maximum Gasteiger partial charge on any atom is 0.207 e. The lowest BCUT2D eigenvalue weighted by Crippen LogP contribution is -2.58. The average molecular weight is 1120 g/mol. The molecule has 4 bridgehead atoms. The van der Waals surface area contributed by atoms with E-state index in [2.05, 4.69) is 83.3 Å². The van der Waals surface area contributed by atoms with Gasteiger partial charge in [0, 0.05) is 67.7 Å². The number of nitrogens with zero attached hydrogens (tertiary/aromatic N) is 1. The van der Waals surface area contributed by atoms with Crippen molar-refractivity contribution in [1.82, 2.24) is 10.6 Å². The van der Waals surface area contributed by atoms with Crippen LogP contribution in [0.1, 0.15) is 172 Å². The number of aliphatic hydroxyl groups excluding tert-OH is 1. The van der Waals surface area contributed by atoms with Crippen LogP contribution in [0.4, 0.5) is 5.69 Å². The van der Waals surface area contributed by atoms with Gasteiger partial charge in [-0.1, -0.05) is 81.6 Å². The van der Waals surface area contributed by atoms with Crippen LogP contribution < -0.4 is 30.2 Å². The van der Waals surface area contributed by atoms with Gasteiger partial charge in [0.2, 0.25) is 11.7 Å². The molecule has 12 heteroatoms. The zero-order chi connectivity index (χ0) is 56.5. The van der Waals surface area contributed by atoms with Crippen molar-refractivity contribution in [2.75, 3.05) is 39.7 Å². The first kappa shape index (κ1) is 56.2. The molecule has 12 nitrogen and oxygen atoms in total. The zero-order valence-corrected chi connectivity index (χ0v) is 49.5. The Labute approximate surface area is 488 Å². The molecular weight excluding hydrogens is 1020 g/mol. The second-order valence-corrected chi connectivity index (χ2v) is 28.2. The number of ether oxygens (including phenoxy) is 4. The molecule has 3 aliphatic heterocycles. The van der Waals surface area contributed by atoms with Crippen molar-refractivity contribution in [2.45, 2.75) is 190 Å². The third kappa shape index (κ3) is 9.41. The van der Waals surface area contributed by atoms with Gasteiger partial charge < -0.3 is 44.9 Å². The number of aliphatic hydroxyl groups is 2. The molecule has 3 heterocycles. The largest absolute Gasteiger partial charge is 0.504 e. The molecule has 11 aliphatic rings. The Bertz CT molecular complexity index is 2980. The number of allylic oxidation sites excluding steroid dienone is 3. The van der Waals surface area contributed by atoms with E-state index in [1.807, 2.05) is 19.2 Å². The molecule has 3 spiro atoms. The lowest BCUT2D eigenvalue weighted by atomic mass is 9.42. The van der Waals surface area contributed by atoms with Crippen molar-refractivity contribution in [3.8, 4) is 47.0 Å². The van der Waals surface area contributed by atoms with E-state index in [1.54, 1.807) is 20.2 Å². The lowest BCUT2D eigenvalue weighted by molar-refractivity contribution is -0.299. The summed E-state index contributed by atoms with van der Waals surface area (Å²) in [5.74, 6) is 10.7. The summed E-state index contributed by atoms with van der Waals surface area (Å²) in [6.07, 6.45) is 36.4. The highest BCUT2D eigenvalue weighted by Gasteiger charge is 2.69. The summed E-state index contributed by atoms with van der Waals surface area (Å²) in [5.41, 5.74) is 0.764. The number of phenolic OH excluding ortho intramolecular Hbond substituents is 1. The van der Waals surface area contributed by atoms with Gasteiger partial charge in [0.1, 0.15) is 11.7 Å². The number of carbonyl (C=O) groups excluding carboxylic acids is 1. The van der Waals surface area contributed by atoms with Crippen LogP contribution in [0.15, 0.2) is 59.6 Å². The number of hydrogen-bond acceptors (Lipinski definition) is 10. The summed E-state index contributed by atoms with van der Waals surface area (Å²) in [6.45, 7) is 3.13. The van der Waals surface area contributed by atoms with E-state index in [0.717, 1.165) is 89.0 Å². The van der Waals surface area contributed by atoms with Gasteiger partial charge in [-0.25, -0.2) is 0 Å². The monoisotopic (exact) mass is 1120 g/mol. The van der Waals surface area contributed by atoms with Crippen LogP contribution in [0.25, 0.3) is 0 Å². The fraction of sp³-hybridized carbons (Fsp3) is 0.686. The van der Waals surface area contributed by atoms with E-state index in [1.165, 1.54) is 50.5 Å². The molecule has 2 aromatic rings. The first-order chi connectivity index (χ1) is 39.9. The number of guanidine groups is 1. The third-order valence-electron chi connectivity index (χ3n) is 24.4. The van der Waals surface area contributed by atoms with Crippen LogP contribution in [0.2, 0.25) is 0 Å². The minimum atomic E-state index is -1.25. The molecule has 82 heavy (non-hydrogen) atoms. The second kappa shape index (κ2) is 22.1. The average Bonchev–Trinajstić information content (AvgIpc) is 1.99. The Morgan fingerprint density at radius 3 is 2.61 bits per heavy atom. The minimum Gasteiger partial charge on any atom is -0.504 e. The summed E-state index contributed by atoms with van der Waals surface area (Å²) in [5, 5.41) is 45.0. The fourth-order valence-electron chi connectivity index (χ4n) is 21.0. The van der Waals surface area contributed by atoms with Crippen molar-refractivity contribution in [3.63, 3.8) is 0 Å². The number of carbonyl (C=O) groups is 1. The predicted molar refractivity (Wildman–Crippen MR) is 319 cm³/mol. The Morgan fingerprint density at radius 2 is 1.79 bits per heavy atom. The van der Waals surface area contributed by atoms with Crippen LogP contribution in [0.5, 0.6) is 23.0 Å². The van der Waals surface area contributed by atoms with Gasteiger partial charge in [-0.3, -0.25) is 15.1 Å². The first-order valence-corrected chi connectivity index (χ1v) is 32.3. The normalized spacial score (nSPS) is 41.1. The molecule has 1 saturated heterocycles. The number of methoxy groups -OCH3 is 1. The summed E-state index contributed by atoms with van der Waals surface area (Å²) in [4.78, 5) is 20.9. The Kier molecular flexibility index (Phi) is 15.2. The van der Waals surface area contributed by atoms with E-state index in [0.29, 0.717) is 103 Å². The molecule has 8 aliphatic carbocycles. The highest BCUT2D eigenvalue weighted by Crippen LogP contribution is 2.74. The first-order valence-electron chi connectivity index (χ1n) is 32.3. The van der Waals surface area contributed by atoms with Crippen LogP contribution in [0, 0.1) is 99.4 Å². The number of benzene rings is 2. The summed E-state index contributed by atoms with van der Waals surface area (Å²) < 4.78 is 27.3. The minimum absolute atomic E-state index is 0.00445. The smallest absolute Gasteiger partial charge is 0.207 e. The van der Waals surface area contributed by atoms with Gasteiger partial charge in [0.15, 0.2) is 28.8 Å². The molecule has 440 valence electrons. The van der Waals surface area contributed by atoms with Gasteiger partial charge in [-0.2, -0.15) is 0 Å². The summed E-state index contributed by atoms with van der Waals surface area (Å²) >= 11 is 0. The number of ketones is 1. The van der Waals surface area contributed by atoms with E-state index in [4.69, 9.17) is 23.9 Å². The van der Waals surface area contributed by atoms with Crippen molar-refractivity contribution in [3.05, 3.63) is 65.8 Å². The third-order valence-corrected chi connectivity index (χ3v) is 24.4. The van der Waals surface area contributed by atoms with Crippen molar-refractivity contribution < 1.29 is 39.1 Å². The van der Waals surface area contributed by atoms with Gasteiger partial charge in [-0.05, 0) is 210 Å². The van der Waals surface area contributed by atoms with Crippen LogP contribution in [-0.2, 0) is 21.4 Å². The summed E-state index contributed by atoms with van der Waals surface area (Å²) in [6, 6.07) is 13.6. The molecule has 13 rings (SSSR count). The molecule has 16 atom stereocenters. The number of nitrogens with one attached hydrogen (secondary N) is 3. The van der Waals surface area contributed by atoms with E-state index in [9.17, 15) is 15.3 Å². The molecule has 8 fully saturated rings.